The number of hydrogen-bond donors (Lipinski definition) is 0. The van der Waals surface area contributed by atoms with Crippen LogP contribution < -0.4 is 0 Å². The Morgan fingerprint density at radius 3 is 2.25 bits per heavy atom. The Bertz CT molecular complexity index is 274. The molecule has 0 saturated carbocycles. The number of allylic oxidation sites excluding steroid dienone is 3. The van der Waals surface area contributed by atoms with Crippen molar-refractivity contribution in [3.63, 3.8) is 0 Å². The maximum absolute atomic E-state index is 11.9. The molecular formula is C13H23NO2. The molecule has 0 spiro atoms. The van der Waals surface area contributed by atoms with Gasteiger partial charge in [-0.05, 0) is 40.2 Å². The second kappa shape index (κ2) is 6.36. The third-order valence-electron chi connectivity index (χ3n) is 1.95. The van der Waals surface area contributed by atoms with E-state index < -0.39 is 5.60 Å². The minimum absolute atomic E-state index is 0.301. The Kier molecular flexibility index (Phi) is 5.86. The summed E-state index contributed by atoms with van der Waals surface area (Å²) < 4.78 is 5.33. The van der Waals surface area contributed by atoms with Crippen LogP contribution in [0.3, 0.4) is 0 Å². The van der Waals surface area contributed by atoms with Gasteiger partial charge in [0.15, 0.2) is 0 Å². The summed E-state index contributed by atoms with van der Waals surface area (Å²) in [6.07, 6.45) is 4.00. The summed E-state index contributed by atoms with van der Waals surface area (Å²) in [6, 6.07) is 0. The summed E-state index contributed by atoms with van der Waals surface area (Å²) in [5.74, 6) is 0. The van der Waals surface area contributed by atoms with Gasteiger partial charge < -0.3 is 4.74 Å². The fourth-order valence-corrected chi connectivity index (χ4v) is 1.30. The highest BCUT2D eigenvalue weighted by Gasteiger charge is 2.22. The van der Waals surface area contributed by atoms with E-state index in [-0.39, 0.29) is 6.09 Å². The zero-order chi connectivity index (χ0) is 12.8. The largest absolute Gasteiger partial charge is 0.443 e. The van der Waals surface area contributed by atoms with Gasteiger partial charge in [0.2, 0.25) is 0 Å². The summed E-state index contributed by atoms with van der Waals surface area (Å²) in [5.41, 5.74) is 0.462. The van der Waals surface area contributed by atoms with Gasteiger partial charge in [-0.1, -0.05) is 19.6 Å². The first-order valence-electron chi connectivity index (χ1n) is 5.67. The number of ether oxygens (including phenoxy) is 1. The van der Waals surface area contributed by atoms with Crippen LogP contribution in [-0.4, -0.2) is 23.1 Å². The third-order valence-corrected chi connectivity index (χ3v) is 1.95. The molecule has 16 heavy (non-hydrogen) atoms. The molecule has 0 aliphatic carbocycles. The van der Waals surface area contributed by atoms with Crippen molar-refractivity contribution in [1.29, 1.82) is 0 Å². The molecule has 0 saturated heterocycles. The van der Waals surface area contributed by atoms with Crippen LogP contribution in [0.1, 0.15) is 41.0 Å². The lowest BCUT2D eigenvalue weighted by Gasteiger charge is -2.27. The van der Waals surface area contributed by atoms with E-state index in [0.29, 0.717) is 6.54 Å². The summed E-state index contributed by atoms with van der Waals surface area (Å²) in [6.45, 7) is 13.8. The summed E-state index contributed by atoms with van der Waals surface area (Å²) in [7, 11) is 0. The second-order valence-electron chi connectivity index (χ2n) is 4.47. The highest BCUT2D eigenvalue weighted by Crippen LogP contribution is 2.15. The van der Waals surface area contributed by atoms with E-state index in [0.717, 1.165) is 12.1 Å². The zero-order valence-corrected chi connectivity index (χ0v) is 11.0. The van der Waals surface area contributed by atoms with Crippen LogP contribution in [0.25, 0.3) is 0 Å². The maximum Gasteiger partial charge on any atom is 0.414 e. The molecule has 0 aliphatic rings. The van der Waals surface area contributed by atoms with Gasteiger partial charge in [-0.2, -0.15) is 0 Å². The molecular weight excluding hydrogens is 202 g/mol. The normalized spacial score (nSPS) is 12.2. The number of rotatable bonds is 4. The number of carbonyl (C=O) groups excluding carboxylic acids is 1. The fourth-order valence-electron chi connectivity index (χ4n) is 1.30. The quantitative estimate of drug-likeness (QED) is 0.682. The third kappa shape index (κ3) is 5.01. The van der Waals surface area contributed by atoms with E-state index in [1.165, 1.54) is 0 Å². The smallest absolute Gasteiger partial charge is 0.414 e. The van der Waals surface area contributed by atoms with Crippen LogP contribution in [0.5, 0.6) is 0 Å². The molecule has 0 N–H and O–H groups in total. The lowest BCUT2D eigenvalue weighted by atomic mass is 10.2. The maximum atomic E-state index is 11.9. The lowest BCUT2D eigenvalue weighted by molar-refractivity contribution is 0.0317. The molecule has 0 fully saturated rings. The van der Waals surface area contributed by atoms with E-state index >= 15 is 0 Å². The van der Waals surface area contributed by atoms with Crippen molar-refractivity contribution in [2.24, 2.45) is 0 Å². The second-order valence-corrected chi connectivity index (χ2v) is 4.47. The summed E-state index contributed by atoms with van der Waals surface area (Å²) in [5, 5.41) is 0. The summed E-state index contributed by atoms with van der Waals surface area (Å²) >= 11 is 0. The van der Waals surface area contributed by atoms with Gasteiger partial charge in [0.25, 0.3) is 0 Å². The first-order valence-corrected chi connectivity index (χ1v) is 5.67. The predicted molar refractivity (Wildman–Crippen MR) is 67.2 cm³/mol. The highest BCUT2D eigenvalue weighted by molar-refractivity contribution is 5.70. The molecule has 0 rings (SSSR count). The van der Waals surface area contributed by atoms with Crippen LogP contribution in [0.2, 0.25) is 0 Å². The van der Waals surface area contributed by atoms with E-state index in [1.807, 2.05) is 40.7 Å². The number of hydrogen-bond acceptors (Lipinski definition) is 2. The van der Waals surface area contributed by atoms with Crippen molar-refractivity contribution in [3.05, 3.63) is 24.4 Å². The average molecular weight is 225 g/mol. The summed E-state index contributed by atoms with van der Waals surface area (Å²) in [4.78, 5) is 13.5. The first-order chi connectivity index (χ1) is 7.35. The minimum atomic E-state index is -0.461. The molecule has 0 aromatic rings. The minimum Gasteiger partial charge on any atom is -0.443 e. The molecule has 0 atom stereocenters. The average Bonchev–Trinajstić information content (AvgIpc) is 2.14. The Balaban J connectivity index is 4.78. The topological polar surface area (TPSA) is 29.5 Å². The molecule has 0 aromatic heterocycles. The number of nitrogens with zero attached hydrogens (tertiary/aromatic N) is 1. The first kappa shape index (κ1) is 14.8. The molecule has 0 radical (unpaired) electrons. The molecule has 0 unspecified atom stereocenters. The standard InChI is InChI=1S/C13H23NO2/c1-7-10-11(8-2)14(9-3)12(15)16-13(4,5)6/h7,10H,1,8-9H2,2-6H3/b11-10+. The Morgan fingerprint density at radius 2 is 1.94 bits per heavy atom. The van der Waals surface area contributed by atoms with Crippen LogP contribution >= 0.6 is 0 Å². The van der Waals surface area contributed by atoms with Crippen LogP contribution in [0.15, 0.2) is 24.4 Å². The number of carbonyl (C=O) groups is 1. The Morgan fingerprint density at radius 1 is 1.38 bits per heavy atom. The van der Waals surface area contributed by atoms with Crippen molar-refractivity contribution in [3.8, 4) is 0 Å². The van der Waals surface area contributed by atoms with E-state index in [9.17, 15) is 4.79 Å². The van der Waals surface area contributed by atoms with E-state index in [2.05, 4.69) is 6.58 Å². The molecule has 3 heteroatoms. The van der Waals surface area contributed by atoms with Crippen molar-refractivity contribution < 1.29 is 9.53 Å². The van der Waals surface area contributed by atoms with Crippen LogP contribution in [0, 0.1) is 0 Å². The van der Waals surface area contributed by atoms with Crippen molar-refractivity contribution in [2.75, 3.05) is 6.54 Å². The van der Waals surface area contributed by atoms with Crippen molar-refractivity contribution in [1.82, 2.24) is 4.90 Å². The van der Waals surface area contributed by atoms with E-state index in [4.69, 9.17) is 4.74 Å². The molecule has 0 heterocycles. The van der Waals surface area contributed by atoms with E-state index in [1.54, 1.807) is 11.0 Å². The van der Waals surface area contributed by atoms with Gasteiger partial charge in [-0.15, -0.1) is 0 Å². The predicted octanol–water partition coefficient (Wildman–Crippen LogP) is 3.72. The van der Waals surface area contributed by atoms with Crippen LogP contribution in [-0.2, 0) is 4.74 Å². The Labute approximate surface area is 98.8 Å². The molecule has 1 amide bonds. The van der Waals surface area contributed by atoms with Crippen molar-refractivity contribution in [2.45, 2.75) is 46.6 Å². The SMILES string of the molecule is C=C/C=C(\CC)N(CC)C(=O)OC(C)(C)C. The number of amides is 1. The van der Waals surface area contributed by atoms with Gasteiger partial charge in [0, 0.05) is 12.2 Å². The fraction of sp³-hybridized carbons (Fsp3) is 0.615. The van der Waals surface area contributed by atoms with Crippen LogP contribution in [0.4, 0.5) is 4.79 Å². The Hall–Kier alpha value is -1.25. The molecule has 0 bridgehead atoms. The van der Waals surface area contributed by atoms with Gasteiger partial charge in [0.05, 0.1) is 0 Å². The highest BCUT2D eigenvalue weighted by atomic mass is 16.6. The molecule has 92 valence electrons. The zero-order valence-electron chi connectivity index (χ0n) is 11.0. The van der Waals surface area contributed by atoms with Gasteiger partial charge in [-0.25, -0.2) is 4.79 Å². The molecule has 0 aromatic carbocycles. The van der Waals surface area contributed by atoms with Gasteiger partial charge in [-0.3, -0.25) is 4.90 Å². The molecule has 0 aliphatic heterocycles. The molecule has 3 nitrogen and oxygen atoms in total. The van der Waals surface area contributed by atoms with Crippen molar-refractivity contribution >= 4 is 6.09 Å². The monoisotopic (exact) mass is 225 g/mol. The lowest BCUT2D eigenvalue weighted by Crippen LogP contribution is -2.36. The van der Waals surface area contributed by atoms with Gasteiger partial charge in [0.1, 0.15) is 5.60 Å². The van der Waals surface area contributed by atoms with Gasteiger partial charge >= 0.3 is 6.09 Å².